The first kappa shape index (κ1) is 19.7. The molecule has 2 heterocycles. The molecule has 9 heteroatoms. The van der Waals surface area contributed by atoms with Crippen molar-refractivity contribution in [2.45, 2.75) is 56.6 Å². The van der Waals surface area contributed by atoms with Crippen molar-refractivity contribution in [3.05, 3.63) is 26.6 Å². The summed E-state index contributed by atoms with van der Waals surface area (Å²) in [5, 5.41) is 9.12. The van der Waals surface area contributed by atoms with Crippen LogP contribution in [0.3, 0.4) is 0 Å². The Bertz CT molecular complexity index is 741. The lowest BCUT2D eigenvalue weighted by molar-refractivity contribution is -0.128. The van der Waals surface area contributed by atoms with Crippen LogP contribution in [0.4, 0.5) is 0 Å². The number of nitrogens with two attached hydrogens (primary N) is 1. The highest BCUT2D eigenvalue weighted by molar-refractivity contribution is 9.11. The lowest BCUT2D eigenvalue weighted by Gasteiger charge is -2.20. The Hall–Kier alpha value is -1.06. The molecule has 1 aliphatic rings. The van der Waals surface area contributed by atoms with Crippen molar-refractivity contribution in [2.24, 2.45) is 0 Å². The number of thioether (sulfide) groups is 1. The molecule has 2 N–H and O–H groups in total. The SMILES string of the molecule is CCN(Cc1ccc(Br)s1)C(=O)CSc1nnc(C2CCCCC2)n1N. The van der Waals surface area contributed by atoms with E-state index in [0.29, 0.717) is 29.9 Å². The van der Waals surface area contributed by atoms with Crippen LogP contribution in [-0.2, 0) is 11.3 Å². The van der Waals surface area contributed by atoms with E-state index in [1.807, 2.05) is 24.0 Å². The molecule has 0 atom stereocenters. The smallest absolute Gasteiger partial charge is 0.233 e. The van der Waals surface area contributed by atoms with Crippen molar-refractivity contribution in [1.29, 1.82) is 0 Å². The van der Waals surface area contributed by atoms with Crippen molar-refractivity contribution >= 4 is 44.9 Å². The van der Waals surface area contributed by atoms with Crippen LogP contribution in [0.15, 0.2) is 21.1 Å². The molecule has 142 valence electrons. The number of amides is 1. The van der Waals surface area contributed by atoms with Crippen LogP contribution in [-0.4, -0.2) is 38.0 Å². The number of rotatable bonds is 7. The number of hydrogen-bond acceptors (Lipinski definition) is 6. The van der Waals surface area contributed by atoms with Crippen molar-refractivity contribution in [2.75, 3.05) is 18.1 Å². The van der Waals surface area contributed by atoms with Crippen LogP contribution in [0.5, 0.6) is 0 Å². The molecule has 0 spiro atoms. The van der Waals surface area contributed by atoms with E-state index >= 15 is 0 Å². The van der Waals surface area contributed by atoms with Gasteiger partial charge in [-0.15, -0.1) is 21.5 Å². The van der Waals surface area contributed by atoms with Crippen LogP contribution in [0.2, 0.25) is 0 Å². The molecule has 1 aliphatic carbocycles. The first-order chi connectivity index (χ1) is 12.6. The quantitative estimate of drug-likeness (QED) is 0.501. The van der Waals surface area contributed by atoms with Crippen LogP contribution < -0.4 is 5.84 Å². The molecule has 26 heavy (non-hydrogen) atoms. The van der Waals surface area contributed by atoms with Crippen molar-refractivity contribution in [3.8, 4) is 0 Å². The van der Waals surface area contributed by atoms with E-state index in [2.05, 4.69) is 26.1 Å². The van der Waals surface area contributed by atoms with E-state index < -0.39 is 0 Å². The number of nitrogen functional groups attached to an aromatic ring is 1. The van der Waals surface area contributed by atoms with Gasteiger partial charge in [0.2, 0.25) is 11.1 Å². The highest BCUT2D eigenvalue weighted by Gasteiger charge is 2.23. The minimum atomic E-state index is 0.0873. The zero-order valence-electron chi connectivity index (χ0n) is 14.9. The number of halogens is 1. The summed E-state index contributed by atoms with van der Waals surface area (Å²) in [6.45, 7) is 3.31. The first-order valence-corrected chi connectivity index (χ1v) is 11.5. The molecule has 1 fully saturated rings. The fourth-order valence-electron chi connectivity index (χ4n) is 3.24. The zero-order chi connectivity index (χ0) is 18.5. The van der Waals surface area contributed by atoms with E-state index in [4.69, 9.17) is 5.84 Å². The zero-order valence-corrected chi connectivity index (χ0v) is 18.1. The summed E-state index contributed by atoms with van der Waals surface area (Å²) in [6.07, 6.45) is 5.99. The largest absolute Gasteiger partial charge is 0.337 e. The van der Waals surface area contributed by atoms with E-state index in [1.165, 1.54) is 35.9 Å². The molecule has 0 aliphatic heterocycles. The summed E-state index contributed by atoms with van der Waals surface area (Å²) in [5.74, 6) is 7.86. The minimum Gasteiger partial charge on any atom is -0.337 e. The highest BCUT2D eigenvalue weighted by Crippen LogP contribution is 2.32. The van der Waals surface area contributed by atoms with Crippen LogP contribution in [0, 0.1) is 0 Å². The molecule has 2 aromatic rings. The molecule has 2 aromatic heterocycles. The third-order valence-electron chi connectivity index (χ3n) is 4.70. The maximum Gasteiger partial charge on any atom is 0.233 e. The van der Waals surface area contributed by atoms with Crippen LogP contribution in [0.1, 0.15) is 55.6 Å². The fraction of sp³-hybridized carbons (Fsp3) is 0.588. The number of hydrogen-bond donors (Lipinski definition) is 1. The Kier molecular flexibility index (Phi) is 6.99. The fourth-order valence-corrected chi connectivity index (χ4v) is 5.51. The van der Waals surface area contributed by atoms with Gasteiger partial charge in [-0.2, -0.15) is 0 Å². The predicted molar refractivity (Wildman–Crippen MR) is 110 cm³/mol. The second-order valence-electron chi connectivity index (χ2n) is 6.45. The van der Waals surface area contributed by atoms with Crippen molar-refractivity contribution in [3.63, 3.8) is 0 Å². The normalized spacial score (nSPS) is 15.3. The predicted octanol–water partition coefficient (Wildman–Crippen LogP) is 4.00. The standard InChI is InChI=1S/C17H24BrN5OS2/c1-2-22(10-13-8-9-14(18)26-13)15(24)11-25-17-21-20-16(23(17)19)12-6-4-3-5-7-12/h8-9,12H,2-7,10-11,19H2,1H3. The van der Waals surface area contributed by atoms with E-state index in [0.717, 1.165) is 22.5 Å². The number of aromatic nitrogens is 3. The van der Waals surface area contributed by atoms with E-state index in [9.17, 15) is 4.79 Å². The Balaban J connectivity index is 1.57. The second-order valence-corrected chi connectivity index (χ2v) is 9.94. The number of thiophene rings is 1. The lowest BCUT2D eigenvalue weighted by Crippen LogP contribution is -2.31. The van der Waals surface area contributed by atoms with Gasteiger partial charge in [-0.05, 0) is 47.8 Å². The van der Waals surface area contributed by atoms with E-state index in [-0.39, 0.29) is 5.91 Å². The minimum absolute atomic E-state index is 0.0873. The summed E-state index contributed by atoms with van der Waals surface area (Å²) < 4.78 is 2.66. The van der Waals surface area contributed by atoms with Gasteiger partial charge in [0.15, 0.2) is 5.82 Å². The van der Waals surface area contributed by atoms with Gasteiger partial charge in [-0.1, -0.05) is 31.0 Å². The maximum atomic E-state index is 12.6. The molecule has 0 aromatic carbocycles. The second kappa shape index (κ2) is 9.23. The summed E-state index contributed by atoms with van der Waals surface area (Å²) in [4.78, 5) is 15.6. The Morgan fingerprint density at radius 3 is 2.81 bits per heavy atom. The Morgan fingerprint density at radius 1 is 1.38 bits per heavy atom. The molecule has 0 saturated heterocycles. The van der Waals surface area contributed by atoms with Crippen molar-refractivity contribution in [1.82, 2.24) is 19.8 Å². The Labute approximate surface area is 170 Å². The topological polar surface area (TPSA) is 77.0 Å². The third-order valence-corrected chi connectivity index (χ3v) is 7.23. The van der Waals surface area contributed by atoms with Crippen LogP contribution >= 0.6 is 39.0 Å². The molecule has 1 amide bonds. The van der Waals surface area contributed by atoms with Gasteiger partial charge in [-0.25, -0.2) is 4.68 Å². The van der Waals surface area contributed by atoms with Gasteiger partial charge >= 0.3 is 0 Å². The molecule has 3 rings (SSSR count). The Morgan fingerprint density at radius 2 is 2.15 bits per heavy atom. The summed E-state index contributed by atoms with van der Waals surface area (Å²) >= 11 is 6.49. The molecular weight excluding hydrogens is 434 g/mol. The van der Waals surface area contributed by atoms with Gasteiger partial charge in [0.1, 0.15) is 0 Å². The first-order valence-electron chi connectivity index (χ1n) is 8.93. The molecule has 6 nitrogen and oxygen atoms in total. The highest BCUT2D eigenvalue weighted by atomic mass is 79.9. The number of nitrogens with zero attached hydrogens (tertiary/aromatic N) is 4. The summed E-state index contributed by atoms with van der Waals surface area (Å²) in [7, 11) is 0. The molecule has 0 radical (unpaired) electrons. The maximum absolute atomic E-state index is 12.6. The number of carbonyl (C=O) groups excluding carboxylic acids is 1. The third kappa shape index (κ3) is 4.80. The molecular formula is C17H24BrN5OS2. The lowest BCUT2D eigenvalue weighted by atomic mass is 9.89. The van der Waals surface area contributed by atoms with Gasteiger partial charge < -0.3 is 10.7 Å². The average molecular weight is 458 g/mol. The summed E-state index contributed by atoms with van der Waals surface area (Å²) in [5.41, 5.74) is 0. The molecule has 1 saturated carbocycles. The van der Waals surface area contributed by atoms with Gasteiger partial charge in [0.25, 0.3) is 0 Å². The van der Waals surface area contributed by atoms with Gasteiger partial charge in [-0.3, -0.25) is 4.79 Å². The van der Waals surface area contributed by atoms with Crippen LogP contribution in [0.25, 0.3) is 0 Å². The summed E-state index contributed by atoms with van der Waals surface area (Å²) in [6, 6.07) is 4.06. The monoisotopic (exact) mass is 457 g/mol. The van der Waals surface area contributed by atoms with Gasteiger partial charge in [0, 0.05) is 17.3 Å². The number of carbonyl (C=O) groups is 1. The molecule has 0 bridgehead atoms. The van der Waals surface area contributed by atoms with Gasteiger partial charge in [0.05, 0.1) is 16.1 Å². The van der Waals surface area contributed by atoms with E-state index in [1.54, 1.807) is 16.0 Å². The average Bonchev–Trinajstić information content (AvgIpc) is 3.23. The van der Waals surface area contributed by atoms with Crippen molar-refractivity contribution < 1.29 is 4.79 Å². The molecule has 0 unspecified atom stereocenters.